The molecule has 0 bridgehead atoms. The Morgan fingerprint density at radius 3 is 2.43 bits per heavy atom. The van der Waals surface area contributed by atoms with Crippen LogP contribution in [0.5, 0.6) is 0 Å². The molecule has 1 amide bonds. The molecule has 2 N–H and O–H groups in total. The lowest BCUT2D eigenvalue weighted by Crippen LogP contribution is -2.13. The Balaban J connectivity index is 2.18. The number of anilines is 1. The smallest absolute Gasteiger partial charge is 0.416 e. The number of thiophene rings is 1. The van der Waals surface area contributed by atoms with Crippen LogP contribution in [-0.4, -0.2) is 17.0 Å². The second kappa shape index (κ2) is 5.57. The van der Waals surface area contributed by atoms with E-state index in [4.69, 9.17) is 5.11 Å². The molecule has 2 rings (SSSR count). The minimum atomic E-state index is -4.53. The van der Waals surface area contributed by atoms with Gasteiger partial charge in [0.2, 0.25) is 0 Å². The number of amides is 1. The molecule has 1 heterocycles. The number of aromatic carboxylic acids is 1. The zero-order valence-corrected chi connectivity index (χ0v) is 11.1. The molecule has 2 aromatic rings. The lowest BCUT2D eigenvalue weighted by atomic mass is 10.1. The zero-order valence-electron chi connectivity index (χ0n) is 10.3. The molecule has 0 saturated heterocycles. The first-order chi connectivity index (χ1) is 9.77. The summed E-state index contributed by atoms with van der Waals surface area (Å²) in [6.07, 6.45) is -4.53. The molecular formula is C13H8F3NO3S. The Labute approximate surface area is 120 Å². The summed E-state index contributed by atoms with van der Waals surface area (Å²) in [6.45, 7) is 0. The van der Waals surface area contributed by atoms with Gasteiger partial charge in [0.05, 0.1) is 10.6 Å². The summed E-state index contributed by atoms with van der Waals surface area (Å²) in [7, 11) is 0. The normalized spacial score (nSPS) is 11.2. The van der Waals surface area contributed by atoms with Gasteiger partial charge >= 0.3 is 12.1 Å². The molecule has 0 atom stereocenters. The third-order valence-electron chi connectivity index (χ3n) is 2.51. The highest BCUT2D eigenvalue weighted by Gasteiger charge is 2.30. The highest BCUT2D eigenvalue weighted by Crippen LogP contribution is 2.30. The van der Waals surface area contributed by atoms with Gasteiger partial charge in [0.25, 0.3) is 5.91 Å². The fraction of sp³-hybridized carbons (Fsp3) is 0.0769. The zero-order chi connectivity index (χ0) is 15.6. The highest BCUT2D eigenvalue weighted by molar-refractivity contribution is 7.18. The average Bonchev–Trinajstić information content (AvgIpc) is 2.86. The molecular weight excluding hydrogens is 307 g/mol. The Morgan fingerprint density at radius 2 is 1.86 bits per heavy atom. The first-order valence-corrected chi connectivity index (χ1v) is 6.41. The SMILES string of the molecule is O=C(Nc1ccc(C(=O)O)s1)c1cccc(C(F)(F)F)c1. The first kappa shape index (κ1) is 15.0. The quantitative estimate of drug-likeness (QED) is 0.907. The number of hydrogen-bond donors (Lipinski definition) is 2. The van der Waals surface area contributed by atoms with E-state index in [-0.39, 0.29) is 15.4 Å². The molecule has 0 saturated carbocycles. The second-order valence-electron chi connectivity index (χ2n) is 4.00. The van der Waals surface area contributed by atoms with E-state index in [1.807, 2.05) is 0 Å². The molecule has 1 aromatic carbocycles. The number of carboxylic acid groups (broad SMARTS) is 1. The molecule has 0 aliphatic carbocycles. The predicted octanol–water partition coefficient (Wildman–Crippen LogP) is 3.72. The average molecular weight is 315 g/mol. The highest BCUT2D eigenvalue weighted by atomic mass is 32.1. The number of alkyl halides is 3. The van der Waals surface area contributed by atoms with Crippen molar-refractivity contribution >= 4 is 28.2 Å². The second-order valence-corrected chi connectivity index (χ2v) is 5.09. The maximum Gasteiger partial charge on any atom is 0.416 e. The van der Waals surface area contributed by atoms with Crippen LogP contribution in [0.15, 0.2) is 36.4 Å². The predicted molar refractivity (Wildman–Crippen MR) is 70.7 cm³/mol. The van der Waals surface area contributed by atoms with Gasteiger partial charge in [-0.3, -0.25) is 4.79 Å². The van der Waals surface area contributed by atoms with Crippen molar-refractivity contribution < 1.29 is 27.9 Å². The van der Waals surface area contributed by atoms with Crippen molar-refractivity contribution in [2.45, 2.75) is 6.18 Å². The van der Waals surface area contributed by atoms with Crippen LogP contribution in [0.2, 0.25) is 0 Å². The third-order valence-corrected chi connectivity index (χ3v) is 3.49. The maximum absolute atomic E-state index is 12.6. The van der Waals surface area contributed by atoms with Crippen molar-refractivity contribution in [2.75, 3.05) is 5.32 Å². The van der Waals surface area contributed by atoms with Crippen molar-refractivity contribution in [3.8, 4) is 0 Å². The topological polar surface area (TPSA) is 66.4 Å². The molecule has 0 aliphatic heterocycles. The molecule has 0 spiro atoms. The largest absolute Gasteiger partial charge is 0.477 e. The van der Waals surface area contributed by atoms with Crippen molar-refractivity contribution in [3.63, 3.8) is 0 Å². The van der Waals surface area contributed by atoms with Gasteiger partial charge in [-0.1, -0.05) is 6.07 Å². The number of halogens is 3. The number of carbonyl (C=O) groups excluding carboxylic acids is 1. The van der Waals surface area contributed by atoms with Gasteiger partial charge in [0.1, 0.15) is 4.88 Å². The van der Waals surface area contributed by atoms with Gasteiger partial charge in [0, 0.05) is 5.56 Å². The van der Waals surface area contributed by atoms with Crippen molar-refractivity contribution in [1.82, 2.24) is 0 Å². The summed E-state index contributed by atoms with van der Waals surface area (Å²) in [6, 6.07) is 6.66. The molecule has 1 aromatic heterocycles. The molecule has 21 heavy (non-hydrogen) atoms. The summed E-state index contributed by atoms with van der Waals surface area (Å²) in [5.41, 5.74) is -1.08. The number of carboxylic acids is 1. The number of carbonyl (C=O) groups is 2. The van der Waals surface area contributed by atoms with Gasteiger partial charge in [-0.05, 0) is 30.3 Å². The summed E-state index contributed by atoms with van der Waals surface area (Å²) in [5, 5.41) is 11.4. The maximum atomic E-state index is 12.6. The lowest BCUT2D eigenvalue weighted by molar-refractivity contribution is -0.137. The molecule has 0 radical (unpaired) electrons. The van der Waals surface area contributed by atoms with Gasteiger partial charge < -0.3 is 10.4 Å². The number of hydrogen-bond acceptors (Lipinski definition) is 3. The van der Waals surface area contributed by atoms with Gasteiger partial charge in [-0.2, -0.15) is 13.2 Å². The minimum Gasteiger partial charge on any atom is -0.477 e. The van der Waals surface area contributed by atoms with E-state index < -0.39 is 23.6 Å². The van der Waals surface area contributed by atoms with E-state index >= 15 is 0 Å². The number of nitrogens with one attached hydrogen (secondary N) is 1. The van der Waals surface area contributed by atoms with Crippen molar-refractivity contribution in [2.24, 2.45) is 0 Å². The van der Waals surface area contributed by atoms with Gasteiger partial charge in [-0.15, -0.1) is 11.3 Å². The van der Waals surface area contributed by atoms with E-state index in [0.29, 0.717) is 0 Å². The lowest BCUT2D eigenvalue weighted by Gasteiger charge is -2.08. The summed E-state index contributed by atoms with van der Waals surface area (Å²) in [4.78, 5) is 22.6. The Bertz CT molecular complexity index is 694. The molecule has 8 heteroatoms. The molecule has 4 nitrogen and oxygen atoms in total. The molecule has 0 unspecified atom stereocenters. The van der Waals surface area contributed by atoms with Crippen LogP contribution in [-0.2, 0) is 6.18 Å². The number of rotatable bonds is 3. The monoisotopic (exact) mass is 315 g/mol. The molecule has 0 fully saturated rings. The summed E-state index contributed by atoms with van der Waals surface area (Å²) in [5.74, 6) is -1.88. The van der Waals surface area contributed by atoms with Gasteiger partial charge in [0.15, 0.2) is 0 Å². The van der Waals surface area contributed by atoms with Crippen LogP contribution in [0.1, 0.15) is 25.6 Å². The minimum absolute atomic E-state index is 0.0225. The summed E-state index contributed by atoms with van der Waals surface area (Å²) >= 11 is 0.820. The van der Waals surface area contributed by atoms with Crippen molar-refractivity contribution in [3.05, 3.63) is 52.4 Å². The van der Waals surface area contributed by atoms with E-state index in [2.05, 4.69) is 5.32 Å². The van der Waals surface area contributed by atoms with E-state index in [1.54, 1.807) is 0 Å². The van der Waals surface area contributed by atoms with Crippen molar-refractivity contribution in [1.29, 1.82) is 0 Å². The Hall–Kier alpha value is -2.35. The Morgan fingerprint density at radius 1 is 1.14 bits per heavy atom. The summed E-state index contributed by atoms with van der Waals surface area (Å²) < 4.78 is 37.7. The molecule has 0 aliphatic rings. The third kappa shape index (κ3) is 3.60. The van der Waals surface area contributed by atoms with E-state index in [0.717, 1.165) is 29.5 Å². The van der Waals surface area contributed by atoms with Crippen LogP contribution in [0.25, 0.3) is 0 Å². The fourth-order valence-electron chi connectivity index (χ4n) is 1.54. The number of benzene rings is 1. The Kier molecular flexibility index (Phi) is 3.99. The van der Waals surface area contributed by atoms with Crippen LogP contribution in [0, 0.1) is 0 Å². The van der Waals surface area contributed by atoms with Crippen LogP contribution in [0.3, 0.4) is 0 Å². The van der Waals surface area contributed by atoms with E-state index in [9.17, 15) is 22.8 Å². The van der Waals surface area contributed by atoms with E-state index in [1.165, 1.54) is 18.2 Å². The first-order valence-electron chi connectivity index (χ1n) is 5.59. The van der Waals surface area contributed by atoms with Gasteiger partial charge in [-0.25, -0.2) is 4.79 Å². The van der Waals surface area contributed by atoms with Crippen LogP contribution in [0.4, 0.5) is 18.2 Å². The molecule has 110 valence electrons. The van der Waals surface area contributed by atoms with Crippen LogP contribution < -0.4 is 5.32 Å². The standard InChI is InChI=1S/C13H8F3NO3S/c14-13(15,16)8-3-1-2-7(6-8)11(18)17-10-5-4-9(21-10)12(19)20/h1-6H,(H,17,18)(H,19,20). The van der Waals surface area contributed by atoms with Crippen LogP contribution >= 0.6 is 11.3 Å². The fourth-order valence-corrected chi connectivity index (χ4v) is 2.28.